The molecule has 2 aromatic heterocycles. The number of fused-ring (bicyclic) bond motifs is 5. The predicted octanol–water partition coefficient (Wildman–Crippen LogP) is 5.86. The summed E-state index contributed by atoms with van der Waals surface area (Å²) in [7, 11) is 1.79. The first kappa shape index (κ1) is 21.2. The molecule has 0 unspecified atom stereocenters. The number of halogens is 3. The van der Waals surface area contributed by atoms with Gasteiger partial charge in [-0.15, -0.1) is 0 Å². The first-order valence-corrected chi connectivity index (χ1v) is 11.7. The van der Waals surface area contributed by atoms with Crippen molar-refractivity contribution in [2.45, 2.75) is 37.8 Å². The highest BCUT2D eigenvalue weighted by Gasteiger charge is 2.43. The molecule has 4 aromatic rings. The minimum atomic E-state index is -0.621. The summed E-state index contributed by atoms with van der Waals surface area (Å²) in [5, 5.41) is 6.01. The van der Waals surface area contributed by atoms with Gasteiger partial charge in [-0.2, -0.15) is 5.10 Å². The molecule has 1 amide bonds. The van der Waals surface area contributed by atoms with Gasteiger partial charge in [0.1, 0.15) is 16.8 Å². The van der Waals surface area contributed by atoms with Crippen molar-refractivity contribution in [1.29, 1.82) is 0 Å². The second-order valence-corrected chi connectivity index (χ2v) is 9.44. The highest BCUT2D eigenvalue weighted by atomic mass is 35.5. The summed E-state index contributed by atoms with van der Waals surface area (Å²) < 4.78 is 29.6. The zero-order chi connectivity index (χ0) is 23.6. The number of benzene rings is 2. The average molecular weight is 479 g/mol. The molecule has 0 radical (unpaired) electrons. The quantitative estimate of drug-likeness (QED) is 0.339. The third-order valence-electron chi connectivity index (χ3n) is 6.95. The number of carbonyl (C=O) groups is 1. The SMILES string of the molecule is Cn1nc2c(c1-c1cc(F)cc(F)c1)C[C@@H]1CCC[C@H]2N1C(=O)c1ccc2nc(Cl)ccc2c1. The van der Waals surface area contributed by atoms with Crippen LogP contribution < -0.4 is 0 Å². The fraction of sp³-hybridized carbons (Fsp3) is 0.269. The summed E-state index contributed by atoms with van der Waals surface area (Å²) in [6.07, 6.45) is 3.27. The Hall–Kier alpha value is -3.32. The van der Waals surface area contributed by atoms with Gasteiger partial charge in [0.15, 0.2) is 0 Å². The van der Waals surface area contributed by atoms with Gasteiger partial charge in [0.2, 0.25) is 0 Å². The highest BCUT2D eigenvalue weighted by molar-refractivity contribution is 6.29. The van der Waals surface area contributed by atoms with E-state index in [4.69, 9.17) is 16.7 Å². The molecule has 0 N–H and O–H groups in total. The summed E-state index contributed by atoms with van der Waals surface area (Å²) in [4.78, 5) is 20.0. The van der Waals surface area contributed by atoms with Crippen LogP contribution in [0.4, 0.5) is 8.78 Å². The maximum absolute atomic E-state index is 14.0. The van der Waals surface area contributed by atoms with E-state index in [-0.39, 0.29) is 18.0 Å². The van der Waals surface area contributed by atoms with Gasteiger partial charge in [0.25, 0.3) is 5.91 Å². The summed E-state index contributed by atoms with van der Waals surface area (Å²) >= 11 is 5.99. The maximum atomic E-state index is 14.0. The van der Waals surface area contributed by atoms with Crippen molar-refractivity contribution in [3.8, 4) is 11.3 Å². The largest absolute Gasteiger partial charge is 0.327 e. The number of hydrogen-bond acceptors (Lipinski definition) is 3. The van der Waals surface area contributed by atoms with Crippen LogP contribution in [0.5, 0.6) is 0 Å². The van der Waals surface area contributed by atoms with E-state index in [1.165, 1.54) is 12.1 Å². The van der Waals surface area contributed by atoms with Crippen molar-refractivity contribution in [3.63, 3.8) is 0 Å². The van der Waals surface area contributed by atoms with E-state index in [9.17, 15) is 13.6 Å². The van der Waals surface area contributed by atoms with Crippen molar-refractivity contribution in [2.24, 2.45) is 7.05 Å². The molecule has 6 rings (SSSR count). The van der Waals surface area contributed by atoms with Gasteiger partial charge >= 0.3 is 0 Å². The smallest absolute Gasteiger partial charge is 0.254 e. The van der Waals surface area contributed by atoms with Crippen LogP contribution in [0.3, 0.4) is 0 Å². The van der Waals surface area contributed by atoms with Crippen LogP contribution in [-0.4, -0.2) is 31.6 Å². The number of hydrogen-bond donors (Lipinski definition) is 0. The van der Waals surface area contributed by atoms with Crippen LogP contribution >= 0.6 is 11.6 Å². The van der Waals surface area contributed by atoms with Crippen molar-refractivity contribution in [3.05, 3.63) is 82.1 Å². The Bertz CT molecular complexity index is 1450. The summed E-state index contributed by atoms with van der Waals surface area (Å²) in [5.74, 6) is -1.28. The molecule has 5 nitrogen and oxygen atoms in total. The summed E-state index contributed by atoms with van der Waals surface area (Å²) in [6, 6.07) is 12.4. The molecule has 4 heterocycles. The van der Waals surface area contributed by atoms with Crippen molar-refractivity contribution in [2.75, 3.05) is 0 Å². The highest BCUT2D eigenvalue weighted by Crippen LogP contribution is 2.45. The molecule has 172 valence electrons. The molecule has 0 saturated carbocycles. The van der Waals surface area contributed by atoms with Gasteiger partial charge in [0.05, 0.1) is 22.9 Å². The van der Waals surface area contributed by atoms with Gasteiger partial charge in [-0.05, 0) is 68.1 Å². The molecule has 34 heavy (non-hydrogen) atoms. The van der Waals surface area contributed by atoms with E-state index in [0.29, 0.717) is 28.4 Å². The van der Waals surface area contributed by atoms with E-state index in [0.717, 1.165) is 47.5 Å². The molecule has 2 atom stereocenters. The number of pyridine rings is 1. The monoisotopic (exact) mass is 478 g/mol. The number of aryl methyl sites for hydroxylation is 1. The Kier molecular flexibility index (Phi) is 4.92. The molecule has 1 saturated heterocycles. The second kappa shape index (κ2) is 7.87. The molecule has 2 aliphatic heterocycles. The Morgan fingerprint density at radius 2 is 1.85 bits per heavy atom. The van der Waals surface area contributed by atoms with Crippen LogP contribution in [0.15, 0.2) is 48.5 Å². The van der Waals surface area contributed by atoms with Crippen LogP contribution in [0, 0.1) is 11.6 Å². The lowest BCUT2D eigenvalue weighted by Gasteiger charge is -2.45. The zero-order valence-electron chi connectivity index (χ0n) is 18.4. The molecular weight excluding hydrogens is 458 g/mol. The Morgan fingerprint density at radius 3 is 2.65 bits per heavy atom. The third-order valence-corrected chi connectivity index (χ3v) is 7.16. The molecule has 0 spiro atoms. The first-order chi connectivity index (χ1) is 16.4. The Labute approximate surface area is 200 Å². The van der Waals surface area contributed by atoms with Gasteiger partial charge < -0.3 is 4.90 Å². The molecule has 2 aromatic carbocycles. The zero-order valence-corrected chi connectivity index (χ0v) is 19.2. The van der Waals surface area contributed by atoms with Gasteiger partial charge in [-0.1, -0.05) is 11.6 Å². The van der Waals surface area contributed by atoms with Crippen molar-refractivity contribution >= 4 is 28.4 Å². The summed E-state index contributed by atoms with van der Waals surface area (Å²) in [5.41, 5.74) is 4.31. The van der Waals surface area contributed by atoms with E-state index in [1.807, 2.05) is 23.1 Å². The Morgan fingerprint density at radius 1 is 1.06 bits per heavy atom. The van der Waals surface area contributed by atoms with Crippen LogP contribution in [0.1, 0.15) is 46.9 Å². The van der Waals surface area contributed by atoms with E-state index in [2.05, 4.69) is 4.98 Å². The second-order valence-electron chi connectivity index (χ2n) is 9.05. The number of rotatable bonds is 2. The predicted molar refractivity (Wildman–Crippen MR) is 126 cm³/mol. The normalized spacial score (nSPS) is 19.4. The number of aromatic nitrogens is 3. The standard InChI is InChI=1S/C26H21ClF2N4O/c1-32-25(16-10-17(28)12-18(29)11-16)20-13-19-3-2-4-22(24(20)31-32)33(19)26(34)15-5-7-21-14(9-15)6-8-23(27)30-21/h5-12,19,22H,2-4,13H2,1H3/t19-,22+/m0/s1. The maximum Gasteiger partial charge on any atom is 0.254 e. The number of carbonyl (C=O) groups excluding carboxylic acids is 1. The summed E-state index contributed by atoms with van der Waals surface area (Å²) in [6.45, 7) is 0. The lowest BCUT2D eigenvalue weighted by atomic mass is 9.81. The topological polar surface area (TPSA) is 51.0 Å². The van der Waals surface area contributed by atoms with Crippen molar-refractivity contribution < 1.29 is 13.6 Å². The van der Waals surface area contributed by atoms with E-state index in [1.54, 1.807) is 23.9 Å². The number of amides is 1. The molecular formula is C26H21ClF2N4O. The lowest BCUT2D eigenvalue weighted by Crippen LogP contribution is -2.49. The molecule has 2 aliphatic rings. The molecule has 1 fully saturated rings. The number of piperidine rings is 1. The van der Waals surface area contributed by atoms with Gasteiger partial charge in [-0.25, -0.2) is 13.8 Å². The molecule has 0 aliphatic carbocycles. The van der Waals surface area contributed by atoms with E-state index < -0.39 is 11.6 Å². The van der Waals surface area contributed by atoms with Crippen LogP contribution in [0.25, 0.3) is 22.2 Å². The fourth-order valence-corrected chi connectivity index (χ4v) is 5.74. The van der Waals surface area contributed by atoms with E-state index >= 15 is 0 Å². The van der Waals surface area contributed by atoms with Crippen LogP contribution in [0.2, 0.25) is 5.15 Å². The average Bonchev–Trinajstić information content (AvgIpc) is 3.12. The minimum absolute atomic E-state index is 0.000791. The number of nitrogens with zero attached hydrogens (tertiary/aromatic N) is 4. The first-order valence-electron chi connectivity index (χ1n) is 11.3. The Balaban J connectivity index is 1.41. The lowest BCUT2D eigenvalue weighted by molar-refractivity contribution is 0.0392. The van der Waals surface area contributed by atoms with Gasteiger partial charge in [-0.3, -0.25) is 9.48 Å². The fourth-order valence-electron chi connectivity index (χ4n) is 5.58. The molecule has 2 bridgehead atoms. The minimum Gasteiger partial charge on any atom is -0.327 e. The van der Waals surface area contributed by atoms with Crippen LogP contribution in [-0.2, 0) is 13.5 Å². The molecule has 8 heteroatoms. The van der Waals surface area contributed by atoms with Gasteiger partial charge in [0, 0.05) is 41.2 Å². The third kappa shape index (κ3) is 3.38. The van der Waals surface area contributed by atoms with Crippen molar-refractivity contribution in [1.82, 2.24) is 19.7 Å².